The van der Waals surface area contributed by atoms with Crippen LogP contribution in [-0.2, 0) is 0 Å². The molecular weight excluding hydrogens is 287 g/mol. The van der Waals surface area contributed by atoms with E-state index in [-0.39, 0.29) is 0 Å². The number of rotatable bonds is 1. The highest BCUT2D eigenvalue weighted by Gasteiger charge is 2.09. The van der Waals surface area contributed by atoms with Gasteiger partial charge in [-0.3, -0.25) is 0 Å². The molecule has 12 heavy (non-hydrogen) atoms. The Bertz CT molecular complexity index is 396. The number of hydrogen-bond acceptors (Lipinski definition) is 4. The molecule has 0 aromatic carbocycles. The summed E-state index contributed by atoms with van der Waals surface area (Å²) < 4.78 is 10.1. The van der Waals surface area contributed by atoms with E-state index in [1.54, 1.807) is 6.26 Å². The Morgan fingerprint density at radius 3 is 2.92 bits per heavy atom. The van der Waals surface area contributed by atoms with Crippen LogP contribution in [0.2, 0.25) is 0 Å². The van der Waals surface area contributed by atoms with Crippen molar-refractivity contribution in [1.29, 1.82) is 0 Å². The summed E-state index contributed by atoms with van der Waals surface area (Å²) in [5.74, 6) is 0.829. The first-order chi connectivity index (χ1) is 5.77. The third-order valence-corrected chi connectivity index (χ3v) is 2.98. The molecule has 0 amide bonds. The molecule has 0 aliphatic carbocycles. The van der Waals surface area contributed by atoms with Gasteiger partial charge in [-0.15, -0.1) is 0 Å². The molecule has 5 heteroatoms. The number of aryl methyl sites for hydroxylation is 1. The summed E-state index contributed by atoms with van der Waals surface area (Å²) >= 11 is 3.44. The number of halogens is 1. The molecule has 0 N–H and O–H groups in total. The van der Waals surface area contributed by atoms with E-state index < -0.39 is 0 Å². The van der Waals surface area contributed by atoms with Crippen molar-refractivity contribution < 1.29 is 4.42 Å². The highest BCUT2D eigenvalue weighted by atomic mass is 127. The van der Waals surface area contributed by atoms with E-state index in [0.717, 1.165) is 20.2 Å². The van der Waals surface area contributed by atoms with Crippen LogP contribution in [0.5, 0.6) is 0 Å². The van der Waals surface area contributed by atoms with Crippen LogP contribution in [0.3, 0.4) is 0 Å². The number of furan rings is 1. The minimum Gasteiger partial charge on any atom is -0.461 e. The van der Waals surface area contributed by atoms with E-state index in [0.29, 0.717) is 0 Å². The Balaban J connectivity index is 2.50. The first-order valence-electron chi connectivity index (χ1n) is 3.31. The molecule has 0 atom stereocenters. The third kappa shape index (κ3) is 1.38. The quantitative estimate of drug-likeness (QED) is 0.759. The lowest BCUT2D eigenvalue weighted by atomic mass is 10.3. The molecule has 0 radical (unpaired) electrons. The van der Waals surface area contributed by atoms with Crippen LogP contribution in [0.1, 0.15) is 5.56 Å². The van der Waals surface area contributed by atoms with Gasteiger partial charge in [-0.25, -0.2) is 4.98 Å². The van der Waals surface area contributed by atoms with Crippen molar-refractivity contribution in [1.82, 2.24) is 9.36 Å². The predicted octanol–water partition coefficient (Wildman–Crippen LogP) is 2.71. The molecule has 2 aromatic rings. The zero-order chi connectivity index (χ0) is 8.55. The summed E-state index contributed by atoms with van der Waals surface area (Å²) in [6, 6.07) is 1.92. The maximum absolute atomic E-state index is 5.27. The second kappa shape index (κ2) is 3.14. The van der Waals surface area contributed by atoms with Crippen LogP contribution in [-0.4, -0.2) is 9.36 Å². The largest absolute Gasteiger partial charge is 0.461 e. The zero-order valence-corrected chi connectivity index (χ0v) is 9.22. The van der Waals surface area contributed by atoms with Crippen molar-refractivity contribution >= 4 is 34.1 Å². The summed E-state index contributed by atoms with van der Waals surface area (Å²) in [7, 11) is 0. The summed E-state index contributed by atoms with van der Waals surface area (Å²) in [5.41, 5.74) is 1.10. The van der Waals surface area contributed by atoms with Crippen LogP contribution in [0.15, 0.2) is 16.7 Å². The lowest BCUT2D eigenvalue weighted by Crippen LogP contribution is -1.75. The van der Waals surface area contributed by atoms with E-state index in [4.69, 9.17) is 4.42 Å². The Labute approximate surface area is 87.1 Å². The van der Waals surface area contributed by atoms with Crippen molar-refractivity contribution in [3.8, 4) is 10.8 Å². The molecule has 0 saturated carbocycles. The Morgan fingerprint density at radius 1 is 1.58 bits per heavy atom. The first-order valence-corrected chi connectivity index (χ1v) is 5.16. The molecule has 3 nitrogen and oxygen atoms in total. The van der Waals surface area contributed by atoms with Gasteiger partial charge in [-0.05, 0) is 30.1 Å². The van der Waals surface area contributed by atoms with Crippen molar-refractivity contribution in [2.75, 3.05) is 0 Å². The lowest BCUT2D eigenvalue weighted by Gasteiger charge is -1.88. The maximum atomic E-state index is 5.27. The fourth-order valence-electron chi connectivity index (χ4n) is 0.890. The fourth-order valence-corrected chi connectivity index (χ4v) is 2.21. The lowest BCUT2D eigenvalue weighted by molar-refractivity contribution is 0.580. The number of nitrogens with zero attached hydrogens (tertiary/aromatic N) is 2. The average molecular weight is 292 g/mol. The van der Waals surface area contributed by atoms with Gasteiger partial charge in [-0.1, -0.05) is 0 Å². The molecule has 0 aliphatic rings. The van der Waals surface area contributed by atoms with Crippen molar-refractivity contribution in [2.24, 2.45) is 0 Å². The van der Waals surface area contributed by atoms with Gasteiger partial charge in [0.05, 0.1) is 6.26 Å². The Hall–Kier alpha value is -0.430. The molecule has 0 unspecified atom stereocenters. The molecule has 0 saturated heterocycles. The van der Waals surface area contributed by atoms with Crippen LogP contribution >= 0.6 is 34.1 Å². The SMILES string of the molecule is Cc1ccoc1-c1nc(I)ns1. The standard InChI is InChI=1S/C7H5IN2OS/c1-4-2-3-11-5(4)6-9-7(8)10-12-6/h2-3H,1H3. The Morgan fingerprint density at radius 2 is 2.42 bits per heavy atom. The number of aromatic nitrogens is 2. The van der Waals surface area contributed by atoms with E-state index in [9.17, 15) is 0 Å². The highest BCUT2D eigenvalue weighted by molar-refractivity contribution is 14.1. The zero-order valence-electron chi connectivity index (χ0n) is 6.24. The molecule has 2 rings (SSSR count). The molecule has 0 spiro atoms. The smallest absolute Gasteiger partial charge is 0.203 e. The van der Waals surface area contributed by atoms with Gasteiger partial charge in [0.15, 0.2) is 10.8 Å². The topological polar surface area (TPSA) is 38.9 Å². The first kappa shape index (κ1) is 8.18. The van der Waals surface area contributed by atoms with Gasteiger partial charge >= 0.3 is 0 Å². The van der Waals surface area contributed by atoms with Crippen molar-refractivity contribution in [2.45, 2.75) is 6.92 Å². The van der Waals surface area contributed by atoms with Crippen LogP contribution in [0, 0.1) is 10.8 Å². The minimum atomic E-state index is 0.767. The molecule has 62 valence electrons. The minimum absolute atomic E-state index is 0.767. The van der Waals surface area contributed by atoms with Gasteiger partial charge in [0, 0.05) is 22.6 Å². The van der Waals surface area contributed by atoms with Crippen LogP contribution in [0.4, 0.5) is 0 Å². The molecule has 0 bridgehead atoms. The average Bonchev–Trinajstić information content (AvgIpc) is 2.58. The molecule has 0 aliphatic heterocycles. The maximum Gasteiger partial charge on any atom is 0.203 e. The summed E-state index contributed by atoms with van der Waals surface area (Å²) in [6.45, 7) is 1.99. The van der Waals surface area contributed by atoms with Crippen LogP contribution in [0.25, 0.3) is 10.8 Å². The van der Waals surface area contributed by atoms with Crippen molar-refractivity contribution in [3.05, 3.63) is 21.7 Å². The van der Waals surface area contributed by atoms with Gasteiger partial charge < -0.3 is 4.42 Å². The molecular formula is C7H5IN2OS. The fraction of sp³-hybridized carbons (Fsp3) is 0.143. The second-order valence-corrected chi connectivity index (χ2v) is 4.02. The summed E-state index contributed by atoms with van der Waals surface area (Å²) in [5, 5.41) is 0.849. The van der Waals surface area contributed by atoms with Gasteiger partial charge in [0.25, 0.3) is 0 Å². The summed E-state index contributed by atoms with van der Waals surface area (Å²) in [4.78, 5) is 4.21. The van der Waals surface area contributed by atoms with Gasteiger partial charge in [0.2, 0.25) is 3.83 Å². The van der Waals surface area contributed by atoms with Gasteiger partial charge in [0.1, 0.15) is 0 Å². The normalized spacial score (nSPS) is 10.5. The monoisotopic (exact) mass is 292 g/mol. The van der Waals surface area contributed by atoms with E-state index in [1.807, 2.05) is 13.0 Å². The third-order valence-electron chi connectivity index (χ3n) is 1.46. The van der Waals surface area contributed by atoms with Crippen LogP contribution < -0.4 is 0 Å². The second-order valence-electron chi connectivity index (χ2n) is 2.30. The van der Waals surface area contributed by atoms with Gasteiger partial charge in [-0.2, -0.15) is 4.37 Å². The van der Waals surface area contributed by atoms with E-state index >= 15 is 0 Å². The highest BCUT2D eigenvalue weighted by Crippen LogP contribution is 2.25. The summed E-state index contributed by atoms with van der Waals surface area (Å²) in [6.07, 6.45) is 1.67. The van der Waals surface area contributed by atoms with E-state index in [1.165, 1.54) is 11.5 Å². The number of hydrogen-bond donors (Lipinski definition) is 0. The predicted molar refractivity (Wildman–Crippen MR) is 55.1 cm³/mol. The molecule has 2 heterocycles. The van der Waals surface area contributed by atoms with Crippen molar-refractivity contribution in [3.63, 3.8) is 0 Å². The molecule has 2 aromatic heterocycles. The Kier molecular flexibility index (Phi) is 2.14. The van der Waals surface area contributed by atoms with E-state index in [2.05, 4.69) is 31.9 Å². The molecule has 0 fully saturated rings.